The molecule has 0 spiro atoms. The van der Waals surface area contributed by atoms with E-state index >= 15 is 0 Å². The molecule has 0 rings (SSSR count). The monoisotopic (exact) mass is 230 g/mol. The number of likely N-dealkylation sites (N-methyl/N-ethyl adjacent to an activating group) is 1. The molecule has 16 heavy (non-hydrogen) atoms. The minimum atomic E-state index is -0.476. The lowest BCUT2D eigenvalue weighted by Crippen LogP contribution is -2.46. The standard InChI is InChI=1S/C11H22N2O3/c1-8(2)7-9(11(16)12-3)13-10(15)5-4-6-14/h8-9,14H,4-7H2,1-3H3,(H,12,16)(H,13,15). The summed E-state index contributed by atoms with van der Waals surface area (Å²) in [4.78, 5) is 22.9. The van der Waals surface area contributed by atoms with Crippen molar-refractivity contribution in [2.75, 3.05) is 13.7 Å². The highest BCUT2D eigenvalue weighted by Gasteiger charge is 2.20. The van der Waals surface area contributed by atoms with E-state index in [1.165, 1.54) is 0 Å². The molecule has 3 N–H and O–H groups in total. The lowest BCUT2D eigenvalue weighted by Gasteiger charge is -2.18. The molecule has 0 aromatic rings. The van der Waals surface area contributed by atoms with E-state index in [2.05, 4.69) is 10.6 Å². The van der Waals surface area contributed by atoms with Gasteiger partial charge in [0.2, 0.25) is 11.8 Å². The first-order chi connectivity index (χ1) is 7.51. The van der Waals surface area contributed by atoms with E-state index in [9.17, 15) is 9.59 Å². The zero-order valence-corrected chi connectivity index (χ0v) is 10.2. The molecule has 5 heteroatoms. The molecule has 2 amide bonds. The van der Waals surface area contributed by atoms with Gasteiger partial charge in [0.05, 0.1) is 0 Å². The van der Waals surface area contributed by atoms with Gasteiger partial charge in [-0.2, -0.15) is 0 Å². The molecule has 0 saturated carbocycles. The van der Waals surface area contributed by atoms with Crippen molar-refractivity contribution in [3.05, 3.63) is 0 Å². The van der Waals surface area contributed by atoms with Crippen molar-refractivity contribution >= 4 is 11.8 Å². The van der Waals surface area contributed by atoms with E-state index in [0.29, 0.717) is 18.8 Å². The van der Waals surface area contributed by atoms with Crippen LogP contribution in [0, 0.1) is 5.92 Å². The van der Waals surface area contributed by atoms with Crippen LogP contribution in [-0.4, -0.2) is 36.6 Å². The van der Waals surface area contributed by atoms with Crippen LogP contribution in [0.25, 0.3) is 0 Å². The molecule has 5 nitrogen and oxygen atoms in total. The summed E-state index contributed by atoms with van der Waals surface area (Å²) in [7, 11) is 1.55. The molecule has 94 valence electrons. The molecular formula is C11H22N2O3. The van der Waals surface area contributed by atoms with Crippen LogP contribution in [0.15, 0.2) is 0 Å². The molecule has 0 bridgehead atoms. The predicted molar refractivity (Wildman–Crippen MR) is 61.8 cm³/mol. The fourth-order valence-electron chi connectivity index (χ4n) is 1.38. The average molecular weight is 230 g/mol. The van der Waals surface area contributed by atoms with Gasteiger partial charge in [0.15, 0.2) is 0 Å². The van der Waals surface area contributed by atoms with Crippen molar-refractivity contribution in [1.29, 1.82) is 0 Å². The summed E-state index contributed by atoms with van der Waals surface area (Å²) in [6, 6.07) is -0.476. The number of carbonyl (C=O) groups is 2. The van der Waals surface area contributed by atoms with Gasteiger partial charge in [-0.25, -0.2) is 0 Å². The maximum atomic E-state index is 11.5. The van der Waals surface area contributed by atoms with Gasteiger partial charge in [-0.1, -0.05) is 13.8 Å². The van der Waals surface area contributed by atoms with E-state index < -0.39 is 6.04 Å². The molecule has 1 atom stereocenters. The average Bonchev–Trinajstić information content (AvgIpc) is 2.23. The van der Waals surface area contributed by atoms with Crippen molar-refractivity contribution in [3.63, 3.8) is 0 Å². The van der Waals surface area contributed by atoms with Crippen LogP contribution in [0.2, 0.25) is 0 Å². The van der Waals surface area contributed by atoms with Crippen molar-refractivity contribution in [2.45, 2.75) is 39.2 Å². The smallest absolute Gasteiger partial charge is 0.242 e. The molecular weight excluding hydrogens is 208 g/mol. The highest BCUT2D eigenvalue weighted by molar-refractivity contribution is 5.87. The number of hydrogen-bond donors (Lipinski definition) is 3. The van der Waals surface area contributed by atoms with E-state index in [-0.39, 0.29) is 24.8 Å². The van der Waals surface area contributed by atoms with Crippen molar-refractivity contribution < 1.29 is 14.7 Å². The van der Waals surface area contributed by atoms with E-state index in [0.717, 1.165) is 0 Å². The van der Waals surface area contributed by atoms with Crippen LogP contribution < -0.4 is 10.6 Å². The van der Waals surface area contributed by atoms with Gasteiger partial charge < -0.3 is 15.7 Å². The molecule has 1 unspecified atom stereocenters. The summed E-state index contributed by atoms with van der Waals surface area (Å²) >= 11 is 0. The number of nitrogens with one attached hydrogen (secondary N) is 2. The largest absolute Gasteiger partial charge is 0.396 e. The molecule has 0 aliphatic heterocycles. The Kier molecular flexibility index (Phi) is 7.54. The summed E-state index contributed by atoms with van der Waals surface area (Å²) in [6.45, 7) is 3.98. The quantitative estimate of drug-likeness (QED) is 0.577. The van der Waals surface area contributed by atoms with Crippen LogP contribution in [0.4, 0.5) is 0 Å². The molecule has 0 aromatic heterocycles. The Morgan fingerprint density at radius 1 is 1.31 bits per heavy atom. The maximum Gasteiger partial charge on any atom is 0.242 e. The fourth-order valence-corrected chi connectivity index (χ4v) is 1.38. The van der Waals surface area contributed by atoms with Gasteiger partial charge in [0, 0.05) is 20.1 Å². The topological polar surface area (TPSA) is 78.4 Å². The normalized spacial score (nSPS) is 12.3. The minimum Gasteiger partial charge on any atom is -0.396 e. The molecule has 0 radical (unpaired) electrons. The summed E-state index contributed by atoms with van der Waals surface area (Å²) < 4.78 is 0. The summed E-state index contributed by atoms with van der Waals surface area (Å²) in [5, 5.41) is 13.8. The van der Waals surface area contributed by atoms with E-state index in [4.69, 9.17) is 5.11 Å². The van der Waals surface area contributed by atoms with Gasteiger partial charge in [-0.15, -0.1) is 0 Å². The molecule has 0 fully saturated rings. The SMILES string of the molecule is CNC(=O)C(CC(C)C)NC(=O)CCCO. The zero-order chi connectivity index (χ0) is 12.6. The fraction of sp³-hybridized carbons (Fsp3) is 0.818. The lowest BCUT2D eigenvalue weighted by molar-refractivity contribution is -0.129. The Bertz CT molecular complexity index is 229. The molecule has 0 aromatic carbocycles. The molecule has 0 aliphatic rings. The first kappa shape index (κ1) is 14.9. The third kappa shape index (κ3) is 6.40. The number of carbonyl (C=O) groups excluding carboxylic acids is 2. The number of hydrogen-bond acceptors (Lipinski definition) is 3. The highest BCUT2D eigenvalue weighted by atomic mass is 16.3. The lowest BCUT2D eigenvalue weighted by atomic mass is 10.0. The number of aliphatic hydroxyl groups excluding tert-OH is 1. The van der Waals surface area contributed by atoms with Crippen LogP contribution in [0.1, 0.15) is 33.1 Å². The van der Waals surface area contributed by atoms with Gasteiger partial charge in [0.1, 0.15) is 6.04 Å². The van der Waals surface area contributed by atoms with Gasteiger partial charge >= 0.3 is 0 Å². The second-order valence-corrected chi connectivity index (χ2v) is 4.19. The zero-order valence-electron chi connectivity index (χ0n) is 10.2. The third-order valence-corrected chi connectivity index (χ3v) is 2.17. The highest BCUT2D eigenvalue weighted by Crippen LogP contribution is 2.05. The second-order valence-electron chi connectivity index (χ2n) is 4.19. The first-order valence-electron chi connectivity index (χ1n) is 5.63. The summed E-state index contributed by atoms with van der Waals surface area (Å²) in [5.74, 6) is -0.0326. The molecule has 0 saturated heterocycles. The third-order valence-electron chi connectivity index (χ3n) is 2.17. The first-order valence-corrected chi connectivity index (χ1v) is 5.63. The minimum absolute atomic E-state index is 0.0117. The van der Waals surface area contributed by atoms with Gasteiger partial charge in [-0.05, 0) is 18.8 Å². The Labute approximate surface area is 96.6 Å². The second kappa shape index (κ2) is 8.10. The van der Waals surface area contributed by atoms with Crippen molar-refractivity contribution in [3.8, 4) is 0 Å². The molecule has 0 aliphatic carbocycles. The Balaban J connectivity index is 4.19. The maximum absolute atomic E-state index is 11.5. The summed E-state index contributed by atoms with van der Waals surface area (Å²) in [6.07, 6.45) is 1.29. The van der Waals surface area contributed by atoms with Crippen LogP contribution in [0.5, 0.6) is 0 Å². The number of aliphatic hydroxyl groups is 1. The predicted octanol–water partition coefficient (Wildman–Crippen LogP) is 0.0358. The number of rotatable bonds is 7. The van der Waals surface area contributed by atoms with E-state index in [1.54, 1.807) is 7.05 Å². The Hall–Kier alpha value is -1.10. The van der Waals surface area contributed by atoms with Gasteiger partial charge in [0.25, 0.3) is 0 Å². The van der Waals surface area contributed by atoms with Crippen LogP contribution in [-0.2, 0) is 9.59 Å². The number of amides is 2. The van der Waals surface area contributed by atoms with Crippen LogP contribution >= 0.6 is 0 Å². The Morgan fingerprint density at radius 2 is 1.94 bits per heavy atom. The molecule has 0 heterocycles. The Morgan fingerprint density at radius 3 is 2.38 bits per heavy atom. The van der Waals surface area contributed by atoms with Crippen molar-refractivity contribution in [2.24, 2.45) is 5.92 Å². The summed E-state index contributed by atoms with van der Waals surface area (Å²) in [5.41, 5.74) is 0. The van der Waals surface area contributed by atoms with Crippen molar-refractivity contribution in [1.82, 2.24) is 10.6 Å². The van der Waals surface area contributed by atoms with Crippen LogP contribution in [0.3, 0.4) is 0 Å². The van der Waals surface area contributed by atoms with Gasteiger partial charge in [-0.3, -0.25) is 9.59 Å². The van der Waals surface area contributed by atoms with E-state index in [1.807, 2.05) is 13.8 Å².